The molecule has 1 saturated heterocycles. The van der Waals surface area contributed by atoms with Crippen molar-refractivity contribution < 1.29 is 4.74 Å². The molecular weight excluding hydrogens is 226 g/mol. The molecule has 0 saturated carbocycles. The second-order valence-electron chi connectivity index (χ2n) is 5.62. The first-order valence-electron chi connectivity index (χ1n) is 6.93. The fourth-order valence-electron chi connectivity index (χ4n) is 2.86. The molecule has 1 aliphatic heterocycles. The van der Waals surface area contributed by atoms with E-state index in [1.807, 2.05) is 13.8 Å². The standard InChI is InChI=1S/C14H27N3O/c1-6-16-14(4,10-15)9-11(2)17(5)13-7-8-18-12(13)3/h11-13,16H,6-9H2,1-5H3. The molecule has 0 aromatic heterocycles. The summed E-state index contributed by atoms with van der Waals surface area (Å²) in [5.41, 5.74) is -0.439. The molecule has 4 heteroatoms. The second-order valence-corrected chi connectivity index (χ2v) is 5.62. The Hall–Kier alpha value is -0.630. The van der Waals surface area contributed by atoms with Gasteiger partial charge in [-0.25, -0.2) is 0 Å². The van der Waals surface area contributed by atoms with Crippen LogP contribution in [0.1, 0.15) is 40.5 Å². The molecule has 1 rings (SSSR count). The second kappa shape index (κ2) is 6.51. The van der Waals surface area contributed by atoms with Gasteiger partial charge in [0, 0.05) is 18.7 Å². The zero-order chi connectivity index (χ0) is 13.8. The monoisotopic (exact) mass is 253 g/mol. The highest BCUT2D eigenvalue weighted by molar-refractivity contribution is 5.05. The Balaban J connectivity index is 2.58. The maximum absolute atomic E-state index is 9.31. The molecule has 1 N–H and O–H groups in total. The summed E-state index contributed by atoms with van der Waals surface area (Å²) < 4.78 is 5.62. The van der Waals surface area contributed by atoms with Gasteiger partial charge in [0.1, 0.15) is 5.54 Å². The lowest BCUT2D eigenvalue weighted by atomic mass is 9.93. The van der Waals surface area contributed by atoms with E-state index < -0.39 is 5.54 Å². The van der Waals surface area contributed by atoms with Crippen molar-refractivity contribution in [3.05, 3.63) is 0 Å². The van der Waals surface area contributed by atoms with Crippen molar-refractivity contribution in [3.63, 3.8) is 0 Å². The van der Waals surface area contributed by atoms with Gasteiger partial charge in [0.2, 0.25) is 0 Å². The largest absolute Gasteiger partial charge is 0.377 e. The third-order valence-electron chi connectivity index (χ3n) is 4.07. The van der Waals surface area contributed by atoms with E-state index in [4.69, 9.17) is 4.74 Å². The van der Waals surface area contributed by atoms with Gasteiger partial charge in [-0.1, -0.05) is 6.92 Å². The highest BCUT2D eigenvalue weighted by atomic mass is 16.5. The van der Waals surface area contributed by atoms with Crippen LogP contribution in [0.4, 0.5) is 0 Å². The average molecular weight is 253 g/mol. The first kappa shape index (κ1) is 15.4. The van der Waals surface area contributed by atoms with E-state index in [1.54, 1.807) is 0 Å². The predicted octanol–water partition coefficient (Wildman–Crippen LogP) is 1.77. The Kier molecular flexibility index (Phi) is 5.58. The van der Waals surface area contributed by atoms with Crippen LogP contribution in [0, 0.1) is 11.3 Å². The summed E-state index contributed by atoms with van der Waals surface area (Å²) in [6, 6.07) is 3.24. The van der Waals surface area contributed by atoms with Crippen molar-refractivity contribution in [2.75, 3.05) is 20.2 Å². The lowest BCUT2D eigenvalue weighted by Crippen LogP contribution is -2.49. The van der Waals surface area contributed by atoms with E-state index in [0.717, 1.165) is 26.0 Å². The molecule has 0 aliphatic carbocycles. The van der Waals surface area contributed by atoms with Gasteiger partial charge in [0.15, 0.2) is 0 Å². The van der Waals surface area contributed by atoms with Crippen LogP contribution in [0.3, 0.4) is 0 Å². The van der Waals surface area contributed by atoms with Gasteiger partial charge in [0.05, 0.1) is 12.2 Å². The van der Waals surface area contributed by atoms with Crippen LogP contribution in [0.15, 0.2) is 0 Å². The average Bonchev–Trinajstić information content (AvgIpc) is 2.74. The number of rotatable bonds is 6. The first-order valence-corrected chi connectivity index (χ1v) is 6.93. The van der Waals surface area contributed by atoms with E-state index in [1.165, 1.54) is 0 Å². The summed E-state index contributed by atoms with van der Waals surface area (Å²) in [6.45, 7) is 10.0. The normalized spacial score (nSPS) is 28.9. The molecule has 4 nitrogen and oxygen atoms in total. The molecule has 0 spiro atoms. The third-order valence-corrected chi connectivity index (χ3v) is 4.07. The molecule has 4 unspecified atom stereocenters. The highest BCUT2D eigenvalue weighted by Gasteiger charge is 2.33. The molecule has 18 heavy (non-hydrogen) atoms. The maximum Gasteiger partial charge on any atom is 0.105 e. The minimum Gasteiger partial charge on any atom is -0.377 e. The van der Waals surface area contributed by atoms with E-state index in [-0.39, 0.29) is 0 Å². The van der Waals surface area contributed by atoms with Crippen LogP contribution in [0.2, 0.25) is 0 Å². The van der Waals surface area contributed by atoms with Gasteiger partial charge < -0.3 is 4.74 Å². The van der Waals surface area contributed by atoms with Gasteiger partial charge >= 0.3 is 0 Å². The van der Waals surface area contributed by atoms with E-state index in [0.29, 0.717) is 18.2 Å². The SMILES string of the molecule is CCNC(C)(C#N)CC(C)N(C)C1CCOC1C. The Bertz CT molecular complexity index is 302. The summed E-state index contributed by atoms with van der Waals surface area (Å²) in [5, 5.41) is 12.6. The predicted molar refractivity (Wildman–Crippen MR) is 73.4 cm³/mol. The fourth-order valence-corrected chi connectivity index (χ4v) is 2.86. The van der Waals surface area contributed by atoms with E-state index >= 15 is 0 Å². The van der Waals surface area contributed by atoms with Crippen LogP contribution in [-0.2, 0) is 4.74 Å². The third kappa shape index (κ3) is 3.68. The van der Waals surface area contributed by atoms with E-state index in [2.05, 4.69) is 37.2 Å². The minimum atomic E-state index is -0.439. The lowest BCUT2D eigenvalue weighted by Gasteiger charge is -2.36. The highest BCUT2D eigenvalue weighted by Crippen LogP contribution is 2.23. The smallest absolute Gasteiger partial charge is 0.105 e. The zero-order valence-electron chi connectivity index (χ0n) is 12.4. The van der Waals surface area contributed by atoms with Gasteiger partial charge in [-0.15, -0.1) is 0 Å². The molecule has 0 radical (unpaired) electrons. The van der Waals surface area contributed by atoms with Crippen molar-refractivity contribution in [2.24, 2.45) is 0 Å². The first-order chi connectivity index (χ1) is 8.43. The maximum atomic E-state index is 9.31. The van der Waals surface area contributed by atoms with Gasteiger partial charge in [-0.3, -0.25) is 10.2 Å². The Morgan fingerprint density at radius 2 is 2.28 bits per heavy atom. The summed E-state index contributed by atoms with van der Waals surface area (Å²) in [5.74, 6) is 0. The number of nitriles is 1. The number of likely N-dealkylation sites (N-methyl/N-ethyl adjacent to an activating group) is 1. The van der Waals surface area contributed by atoms with Gasteiger partial charge in [-0.05, 0) is 47.2 Å². The van der Waals surface area contributed by atoms with Gasteiger partial charge in [-0.2, -0.15) is 5.26 Å². The molecule has 4 atom stereocenters. The molecule has 104 valence electrons. The van der Waals surface area contributed by atoms with Crippen molar-refractivity contribution in [2.45, 2.75) is 64.3 Å². The number of hydrogen-bond acceptors (Lipinski definition) is 4. The Labute approximate surface area is 111 Å². The lowest BCUT2D eigenvalue weighted by molar-refractivity contribution is 0.0651. The number of nitrogens with one attached hydrogen (secondary N) is 1. The van der Waals surface area contributed by atoms with Crippen LogP contribution in [0.5, 0.6) is 0 Å². The summed E-state index contributed by atoms with van der Waals surface area (Å²) >= 11 is 0. The zero-order valence-corrected chi connectivity index (χ0v) is 12.4. The van der Waals surface area contributed by atoms with Crippen molar-refractivity contribution >= 4 is 0 Å². The molecule has 0 bridgehead atoms. The van der Waals surface area contributed by atoms with Crippen LogP contribution < -0.4 is 5.32 Å². The van der Waals surface area contributed by atoms with Crippen LogP contribution >= 0.6 is 0 Å². The summed E-state index contributed by atoms with van der Waals surface area (Å²) in [4.78, 5) is 2.37. The van der Waals surface area contributed by atoms with Crippen molar-refractivity contribution in [3.8, 4) is 6.07 Å². The molecule has 1 aliphatic rings. The quantitative estimate of drug-likeness (QED) is 0.783. The molecular formula is C14H27N3O. The van der Waals surface area contributed by atoms with Crippen molar-refractivity contribution in [1.29, 1.82) is 5.26 Å². The molecule has 1 fully saturated rings. The number of ether oxygens (including phenoxy) is 1. The minimum absolute atomic E-state index is 0.296. The number of nitrogens with zero attached hydrogens (tertiary/aromatic N) is 2. The van der Waals surface area contributed by atoms with Crippen molar-refractivity contribution in [1.82, 2.24) is 10.2 Å². The molecule has 0 aromatic rings. The van der Waals surface area contributed by atoms with Crippen LogP contribution in [0.25, 0.3) is 0 Å². The van der Waals surface area contributed by atoms with Crippen LogP contribution in [-0.4, -0.2) is 48.8 Å². The van der Waals surface area contributed by atoms with Gasteiger partial charge in [0.25, 0.3) is 0 Å². The molecule has 1 heterocycles. The summed E-state index contributed by atoms with van der Waals surface area (Å²) in [6.07, 6.45) is 2.22. The molecule has 0 aromatic carbocycles. The topological polar surface area (TPSA) is 48.3 Å². The Morgan fingerprint density at radius 1 is 1.61 bits per heavy atom. The fraction of sp³-hybridized carbons (Fsp3) is 0.929. The Morgan fingerprint density at radius 3 is 2.72 bits per heavy atom. The van der Waals surface area contributed by atoms with E-state index in [9.17, 15) is 5.26 Å². The number of hydrogen-bond donors (Lipinski definition) is 1. The molecule has 0 amide bonds. The summed E-state index contributed by atoms with van der Waals surface area (Å²) in [7, 11) is 2.14.